The smallest absolute Gasteiger partial charge is 0.271 e. The van der Waals surface area contributed by atoms with Crippen LogP contribution in [0.5, 0.6) is 0 Å². The molecule has 1 atom stereocenters. The summed E-state index contributed by atoms with van der Waals surface area (Å²) in [6.45, 7) is 4.92. The Morgan fingerprint density at radius 3 is 2.71 bits per heavy atom. The van der Waals surface area contributed by atoms with E-state index in [-0.39, 0.29) is 18.5 Å². The Labute approximate surface area is 201 Å². The van der Waals surface area contributed by atoms with Gasteiger partial charge in [-0.15, -0.1) is 0 Å². The van der Waals surface area contributed by atoms with E-state index in [4.69, 9.17) is 11.5 Å². The van der Waals surface area contributed by atoms with E-state index in [1.54, 1.807) is 6.20 Å². The summed E-state index contributed by atoms with van der Waals surface area (Å²) in [6, 6.07) is 7.67. The van der Waals surface area contributed by atoms with Crippen molar-refractivity contribution in [3.05, 3.63) is 95.5 Å². The zero-order chi connectivity index (χ0) is 24.3. The molecule has 1 heterocycles. The SMILES string of the molecule is CC.NC1=C(NCNC(=O)C2=NC=CC3=CC=CC=C2C3)C(CNc2ccccc2N)CC=C1. The molecule has 7 heteroatoms. The van der Waals surface area contributed by atoms with Gasteiger partial charge in [0, 0.05) is 24.4 Å². The van der Waals surface area contributed by atoms with Gasteiger partial charge in [0.1, 0.15) is 5.71 Å². The molecule has 34 heavy (non-hydrogen) atoms. The van der Waals surface area contributed by atoms with Gasteiger partial charge in [-0.2, -0.15) is 0 Å². The van der Waals surface area contributed by atoms with Crippen molar-refractivity contribution >= 4 is 23.0 Å². The van der Waals surface area contributed by atoms with Crippen LogP contribution in [0.25, 0.3) is 0 Å². The normalized spacial score (nSPS) is 18.4. The van der Waals surface area contributed by atoms with E-state index in [2.05, 4.69) is 27.0 Å². The molecule has 0 saturated carbocycles. The maximum atomic E-state index is 12.8. The molecular weight excluding hydrogens is 424 g/mol. The maximum absolute atomic E-state index is 12.8. The number of nitrogens with two attached hydrogens (primary N) is 2. The van der Waals surface area contributed by atoms with Crippen LogP contribution < -0.4 is 27.4 Å². The number of benzene rings is 1. The maximum Gasteiger partial charge on any atom is 0.271 e. The van der Waals surface area contributed by atoms with Gasteiger partial charge in [0.15, 0.2) is 0 Å². The summed E-state index contributed by atoms with van der Waals surface area (Å²) in [6.07, 6.45) is 16.9. The van der Waals surface area contributed by atoms with Crippen molar-refractivity contribution in [2.45, 2.75) is 26.7 Å². The summed E-state index contributed by atoms with van der Waals surface area (Å²) in [5.74, 6) is -0.0840. The highest BCUT2D eigenvalue weighted by molar-refractivity contribution is 6.45. The molecule has 1 unspecified atom stereocenters. The fourth-order valence-electron chi connectivity index (χ4n) is 3.89. The second-order valence-corrected chi connectivity index (χ2v) is 7.82. The number of carbonyl (C=O) groups is 1. The van der Waals surface area contributed by atoms with E-state index >= 15 is 0 Å². The van der Waals surface area contributed by atoms with Gasteiger partial charge in [0.05, 0.1) is 23.7 Å². The zero-order valence-corrected chi connectivity index (χ0v) is 19.8. The van der Waals surface area contributed by atoms with Crippen molar-refractivity contribution in [3.8, 4) is 0 Å². The van der Waals surface area contributed by atoms with Gasteiger partial charge in [-0.3, -0.25) is 9.79 Å². The molecule has 0 spiro atoms. The molecule has 1 aromatic carbocycles. The van der Waals surface area contributed by atoms with Gasteiger partial charge in [-0.25, -0.2) is 0 Å². The number of hydrogen-bond donors (Lipinski definition) is 5. The van der Waals surface area contributed by atoms with E-state index < -0.39 is 0 Å². The molecular formula is C27H34N6O. The molecule has 4 rings (SSSR count). The monoisotopic (exact) mass is 458 g/mol. The highest BCUT2D eigenvalue weighted by atomic mass is 16.2. The summed E-state index contributed by atoms with van der Waals surface area (Å²) in [7, 11) is 0. The topological polar surface area (TPSA) is 118 Å². The first-order valence-electron chi connectivity index (χ1n) is 11.7. The molecule has 178 valence electrons. The summed E-state index contributed by atoms with van der Waals surface area (Å²) in [5, 5.41) is 9.63. The van der Waals surface area contributed by atoms with Crippen molar-refractivity contribution in [2.75, 3.05) is 24.3 Å². The quantitative estimate of drug-likeness (QED) is 0.314. The van der Waals surface area contributed by atoms with Crippen LogP contribution in [0.2, 0.25) is 0 Å². The van der Waals surface area contributed by atoms with Crippen LogP contribution in [-0.2, 0) is 4.79 Å². The first-order chi connectivity index (χ1) is 16.6. The van der Waals surface area contributed by atoms with Crippen LogP contribution in [0.4, 0.5) is 11.4 Å². The minimum atomic E-state index is -0.220. The molecule has 1 aliphatic heterocycles. The summed E-state index contributed by atoms with van der Waals surface area (Å²) >= 11 is 0. The fraction of sp³-hybridized carbons (Fsp3) is 0.259. The van der Waals surface area contributed by atoms with E-state index in [0.717, 1.165) is 29.0 Å². The average molecular weight is 459 g/mol. The Hall–Kier alpha value is -4.00. The van der Waals surface area contributed by atoms with Crippen molar-refractivity contribution in [3.63, 3.8) is 0 Å². The molecule has 0 radical (unpaired) electrons. The summed E-state index contributed by atoms with van der Waals surface area (Å²) in [5.41, 5.74) is 17.9. The lowest BCUT2D eigenvalue weighted by molar-refractivity contribution is -0.114. The standard InChI is InChI=1S/C25H28N6O.C2H6/c26-20-9-3-4-11-22(20)29-15-19-8-5-10-21(27)23(19)30-16-31-25(32)24-18-7-2-1-6-17(14-18)12-13-28-24;1-2/h1-7,9-13,19,29-30H,8,14-16,26-27H2,(H,31,32);1-2H3. The van der Waals surface area contributed by atoms with Crippen LogP contribution in [0.15, 0.2) is 101 Å². The van der Waals surface area contributed by atoms with Gasteiger partial charge in [0.25, 0.3) is 5.91 Å². The number of nitrogens with one attached hydrogen (secondary N) is 3. The van der Waals surface area contributed by atoms with Crippen molar-refractivity contribution in [2.24, 2.45) is 16.6 Å². The lowest BCUT2D eigenvalue weighted by atomic mass is 9.94. The van der Waals surface area contributed by atoms with Gasteiger partial charge in [-0.05, 0) is 48.3 Å². The number of nitrogen functional groups attached to an aromatic ring is 1. The second-order valence-electron chi connectivity index (χ2n) is 7.82. The number of aliphatic imine (C=N–C) groups is 1. The highest BCUT2D eigenvalue weighted by Gasteiger charge is 2.21. The number of anilines is 2. The third-order valence-corrected chi connectivity index (χ3v) is 5.59. The molecule has 0 aromatic heterocycles. The van der Waals surface area contributed by atoms with Crippen LogP contribution in [0, 0.1) is 5.92 Å². The predicted molar refractivity (Wildman–Crippen MR) is 142 cm³/mol. The molecule has 0 fully saturated rings. The van der Waals surface area contributed by atoms with Crippen LogP contribution in [-0.4, -0.2) is 24.8 Å². The molecule has 1 amide bonds. The minimum absolute atomic E-state index is 0.136. The average Bonchev–Trinajstić information content (AvgIpc) is 3.21. The van der Waals surface area contributed by atoms with Gasteiger partial charge < -0.3 is 27.4 Å². The number of para-hydroxylation sites is 2. The number of hydrogen-bond acceptors (Lipinski definition) is 6. The minimum Gasteiger partial charge on any atom is -0.397 e. The number of amides is 1. The molecule has 2 aliphatic carbocycles. The van der Waals surface area contributed by atoms with Crippen LogP contribution in [0.1, 0.15) is 26.7 Å². The molecule has 7 nitrogen and oxygen atoms in total. The number of nitrogens with zero attached hydrogens (tertiary/aromatic N) is 1. The van der Waals surface area contributed by atoms with Crippen LogP contribution >= 0.6 is 0 Å². The fourth-order valence-corrected chi connectivity index (χ4v) is 3.89. The first-order valence-corrected chi connectivity index (χ1v) is 11.7. The Morgan fingerprint density at radius 2 is 1.88 bits per heavy atom. The van der Waals surface area contributed by atoms with Gasteiger partial charge in [0.2, 0.25) is 0 Å². The predicted octanol–water partition coefficient (Wildman–Crippen LogP) is 3.90. The number of carbonyl (C=O) groups excluding carboxylic acids is 1. The van der Waals surface area contributed by atoms with Crippen molar-refractivity contribution in [1.29, 1.82) is 0 Å². The van der Waals surface area contributed by atoms with Crippen molar-refractivity contribution < 1.29 is 4.79 Å². The third kappa shape index (κ3) is 6.28. The third-order valence-electron chi connectivity index (χ3n) is 5.59. The largest absolute Gasteiger partial charge is 0.397 e. The lowest BCUT2D eigenvalue weighted by Gasteiger charge is -2.26. The molecule has 7 N–H and O–H groups in total. The van der Waals surface area contributed by atoms with Crippen molar-refractivity contribution in [1.82, 2.24) is 10.6 Å². The molecule has 0 saturated heterocycles. The number of fused-ring (bicyclic) bond motifs is 2. The number of allylic oxidation sites excluding steroid dienone is 8. The van der Waals surface area contributed by atoms with Gasteiger partial charge in [-0.1, -0.05) is 56.4 Å². The Bertz CT molecular complexity index is 1100. The molecule has 2 bridgehead atoms. The summed E-state index contributed by atoms with van der Waals surface area (Å²) in [4.78, 5) is 17.2. The Balaban J connectivity index is 0.00000158. The highest BCUT2D eigenvalue weighted by Crippen LogP contribution is 2.24. The lowest BCUT2D eigenvalue weighted by Crippen LogP contribution is -2.41. The molecule has 3 aliphatic rings. The second kappa shape index (κ2) is 12.3. The Morgan fingerprint density at radius 1 is 1.09 bits per heavy atom. The van der Waals surface area contributed by atoms with Gasteiger partial charge >= 0.3 is 0 Å². The summed E-state index contributed by atoms with van der Waals surface area (Å²) < 4.78 is 0. The first kappa shape index (κ1) is 24.6. The van der Waals surface area contributed by atoms with E-state index in [0.29, 0.717) is 30.1 Å². The molecule has 1 aromatic rings. The van der Waals surface area contributed by atoms with E-state index in [1.165, 1.54) is 0 Å². The number of rotatable bonds is 7. The Kier molecular flexibility index (Phi) is 8.91. The van der Waals surface area contributed by atoms with Crippen LogP contribution in [0.3, 0.4) is 0 Å². The van der Waals surface area contributed by atoms with E-state index in [9.17, 15) is 4.79 Å². The zero-order valence-electron chi connectivity index (χ0n) is 19.8. The van der Waals surface area contributed by atoms with E-state index in [1.807, 2.05) is 74.6 Å².